The van der Waals surface area contributed by atoms with Crippen LogP contribution >= 0.6 is 27.3 Å². The Kier molecular flexibility index (Phi) is 3.68. The summed E-state index contributed by atoms with van der Waals surface area (Å²) in [5.41, 5.74) is 0. The third-order valence-corrected chi connectivity index (χ3v) is 3.06. The zero-order valence-corrected chi connectivity index (χ0v) is 8.98. The number of hydrogen-bond acceptors (Lipinski definition) is 3. The molecule has 0 radical (unpaired) electrons. The molecule has 0 saturated heterocycles. The molecule has 12 heavy (non-hydrogen) atoms. The Balaban J connectivity index is 2.47. The summed E-state index contributed by atoms with van der Waals surface area (Å²) in [6.45, 7) is 1.95. The molecule has 1 aromatic rings. The van der Waals surface area contributed by atoms with Crippen molar-refractivity contribution in [3.63, 3.8) is 0 Å². The molecule has 3 nitrogen and oxygen atoms in total. The molecule has 1 aromatic heterocycles. The normalized spacial score (nSPS) is 12.5. The Morgan fingerprint density at radius 2 is 2.67 bits per heavy atom. The van der Waals surface area contributed by atoms with E-state index in [-0.39, 0.29) is 10.7 Å². The van der Waals surface area contributed by atoms with Gasteiger partial charge in [0.2, 0.25) is 5.91 Å². The van der Waals surface area contributed by atoms with E-state index in [9.17, 15) is 4.79 Å². The van der Waals surface area contributed by atoms with Gasteiger partial charge in [0, 0.05) is 11.6 Å². The standard InChI is InChI=1S/C7H9BrN2OS/c1-2-5(8)6(11)10-7-9-3-4-12-7/h3-5H,2H2,1H3,(H,9,10,11). The second kappa shape index (κ2) is 4.57. The maximum absolute atomic E-state index is 11.3. The van der Waals surface area contributed by atoms with Crippen molar-refractivity contribution >= 4 is 38.3 Å². The number of nitrogens with zero attached hydrogens (tertiary/aromatic N) is 1. The molecule has 0 aliphatic carbocycles. The van der Waals surface area contributed by atoms with Gasteiger partial charge in [-0.1, -0.05) is 22.9 Å². The maximum atomic E-state index is 11.3. The van der Waals surface area contributed by atoms with Gasteiger partial charge < -0.3 is 5.32 Å². The van der Waals surface area contributed by atoms with Gasteiger partial charge in [0.1, 0.15) is 0 Å². The van der Waals surface area contributed by atoms with Crippen LogP contribution in [0.15, 0.2) is 11.6 Å². The molecular formula is C7H9BrN2OS. The van der Waals surface area contributed by atoms with Crippen molar-refractivity contribution in [1.82, 2.24) is 4.98 Å². The Morgan fingerprint density at radius 3 is 3.17 bits per heavy atom. The molecule has 1 heterocycles. The van der Waals surface area contributed by atoms with Crippen molar-refractivity contribution in [1.29, 1.82) is 0 Å². The minimum Gasteiger partial charge on any atom is -0.301 e. The molecule has 0 spiro atoms. The zero-order valence-electron chi connectivity index (χ0n) is 6.58. The molecule has 0 aromatic carbocycles. The van der Waals surface area contributed by atoms with E-state index in [2.05, 4.69) is 26.2 Å². The van der Waals surface area contributed by atoms with Crippen LogP contribution in [-0.4, -0.2) is 15.7 Å². The first kappa shape index (κ1) is 9.67. The summed E-state index contributed by atoms with van der Waals surface area (Å²) in [6, 6.07) is 0. The van der Waals surface area contributed by atoms with Gasteiger partial charge >= 0.3 is 0 Å². The molecule has 1 N–H and O–H groups in total. The van der Waals surface area contributed by atoms with Crippen molar-refractivity contribution in [2.24, 2.45) is 0 Å². The van der Waals surface area contributed by atoms with Gasteiger partial charge in [-0.15, -0.1) is 11.3 Å². The first-order valence-electron chi connectivity index (χ1n) is 3.58. The third kappa shape index (κ3) is 2.57. The number of carbonyl (C=O) groups excluding carboxylic acids is 1. The van der Waals surface area contributed by atoms with Gasteiger partial charge in [-0.25, -0.2) is 4.98 Å². The van der Waals surface area contributed by atoms with Crippen LogP contribution in [0.1, 0.15) is 13.3 Å². The van der Waals surface area contributed by atoms with Crippen molar-refractivity contribution in [2.45, 2.75) is 18.2 Å². The average Bonchev–Trinajstić information content (AvgIpc) is 2.55. The highest BCUT2D eigenvalue weighted by atomic mass is 79.9. The molecule has 0 fully saturated rings. The molecule has 0 aliphatic rings. The molecule has 0 bridgehead atoms. The van der Waals surface area contributed by atoms with Crippen LogP contribution in [0.2, 0.25) is 0 Å². The first-order valence-corrected chi connectivity index (χ1v) is 5.38. The molecule has 66 valence electrons. The van der Waals surface area contributed by atoms with E-state index in [4.69, 9.17) is 0 Å². The van der Waals surface area contributed by atoms with Gasteiger partial charge in [-0.3, -0.25) is 4.79 Å². The second-order valence-electron chi connectivity index (χ2n) is 2.20. The lowest BCUT2D eigenvalue weighted by atomic mass is 10.3. The number of anilines is 1. The van der Waals surface area contributed by atoms with Crippen LogP contribution in [0.3, 0.4) is 0 Å². The van der Waals surface area contributed by atoms with Crippen molar-refractivity contribution in [3.8, 4) is 0 Å². The highest BCUT2D eigenvalue weighted by molar-refractivity contribution is 9.10. The largest absolute Gasteiger partial charge is 0.301 e. The number of nitrogens with one attached hydrogen (secondary N) is 1. The summed E-state index contributed by atoms with van der Waals surface area (Å²) in [5, 5.41) is 5.17. The topological polar surface area (TPSA) is 42.0 Å². The first-order chi connectivity index (χ1) is 5.74. The predicted molar refractivity (Wildman–Crippen MR) is 53.7 cm³/mol. The summed E-state index contributed by atoms with van der Waals surface area (Å²) in [4.78, 5) is 15.1. The predicted octanol–water partition coefficient (Wildman–Crippen LogP) is 2.26. The monoisotopic (exact) mass is 248 g/mol. The highest BCUT2D eigenvalue weighted by Crippen LogP contribution is 2.13. The van der Waals surface area contributed by atoms with E-state index in [0.29, 0.717) is 5.13 Å². The maximum Gasteiger partial charge on any atom is 0.239 e. The van der Waals surface area contributed by atoms with Crippen molar-refractivity contribution in [3.05, 3.63) is 11.6 Å². The Morgan fingerprint density at radius 1 is 1.92 bits per heavy atom. The molecule has 1 atom stereocenters. The summed E-state index contributed by atoms with van der Waals surface area (Å²) < 4.78 is 0. The lowest BCUT2D eigenvalue weighted by molar-refractivity contribution is -0.115. The number of amides is 1. The van der Waals surface area contributed by atoms with Gasteiger partial charge in [-0.2, -0.15) is 0 Å². The van der Waals surface area contributed by atoms with Gasteiger partial charge in [0.25, 0.3) is 0 Å². The lowest BCUT2D eigenvalue weighted by Crippen LogP contribution is -2.21. The highest BCUT2D eigenvalue weighted by Gasteiger charge is 2.12. The van der Waals surface area contributed by atoms with Crippen molar-refractivity contribution in [2.75, 3.05) is 5.32 Å². The van der Waals surface area contributed by atoms with E-state index in [0.717, 1.165) is 6.42 Å². The van der Waals surface area contributed by atoms with Crippen LogP contribution in [-0.2, 0) is 4.79 Å². The van der Waals surface area contributed by atoms with E-state index in [1.54, 1.807) is 6.20 Å². The Hall–Kier alpha value is -0.420. The number of rotatable bonds is 3. The summed E-state index contributed by atoms with van der Waals surface area (Å²) in [7, 11) is 0. The number of halogens is 1. The van der Waals surface area contributed by atoms with Crippen LogP contribution in [0.25, 0.3) is 0 Å². The van der Waals surface area contributed by atoms with Crippen LogP contribution in [0.4, 0.5) is 5.13 Å². The minimum atomic E-state index is -0.124. The van der Waals surface area contributed by atoms with Crippen LogP contribution in [0, 0.1) is 0 Å². The fourth-order valence-corrected chi connectivity index (χ4v) is 1.30. The molecule has 5 heteroatoms. The third-order valence-electron chi connectivity index (χ3n) is 1.31. The van der Waals surface area contributed by atoms with Gasteiger partial charge in [0.15, 0.2) is 5.13 Å². The number of alkyl halides is 1. The summed E-state index contributed by atoms with van der Waals surface area (Å²) in [5.74, 6) is -0.0348. The van der Waals surface area contributed by atoms with Gasteiger partial charge in [0.05, 0.1) is 4.83 Å². The number of hydrogen-bond donors (Lipinski definition) is 1. The van der Waals surface area contributed by atoms with Crippen molar-refractivity contribution < 1.29 is 4.79 Å². The van der Waals surface area contributed by atoms with E-state index in [1.807, 2.05) is 12.3 Å². The summed E-state index contributed by atoms with van der Waals surface area (Å²) >= 11 is 4.67. The van der Waals surface area contributed by atoms with E-state index >= 15 is 0 Å². The SMILES string of the molecule is CCC(Br)C(=O)Nc1nccs1. The second-order valence-corrected chi connectivity index (χ2v) is 4.20. The minimum absolute atomic E-state index is 0.0348. The molecule has 1 unspecified atom stereocenters. The molecular weight excluding hydrogens is 240 g/mol. The molecule has 0 saturated carbocycles. The quantitative estimate of drug-likeness (QED) is 0.835. The lowest BCUT2D eigenvalue weighted by Gasteiger charge is -2.04. The van der Waals surface area contributed by atoms with Gasteiger partial charge in [-0.05, 0) is 6.42 Å². The fourth-order valence-electron chi connectivity index (χ4n) is 0.654. The smallest absolute Gasteiger partial charge is 0.239 e. The number of aromatic nitrogens is 1. The van der Waals surface area contributed by atoms with E-state index < -0.39 is 0 Å². The Labute approximate surface area is 83.3 Å². The van der Waals surface area contributed by atoms with Crippen LogP contribution in [0.5, 0.6) is 0 Å². The summed E-state index contributed by atoms with van der Waals surface area (Å²) in [6.07, 6.45) is 2.44. The molecule has 0 aliphatic heterocycles. The number of thiazole rings is 1. The Bertz CT molecular complexity index is 250. The average molecular weight is 249 g/mol. The zero-order chi connectivity index (χ0) is 8.97. The fraction of sp³-hybridized carbons (Fsp3) is 0.429. The molecule has 1 rings (SSSR count). The molecule has 1 amide bonds. The number of carbonyl (C=O) groups is 1. The van der Waals surface area contributed by atoms with E-state index in [1.165, 1.54) is 11.3 Å². The van der Waals surface area contributed by atoms with Crippen LogP contribution < -0.4 is 5.32 Å².